The normalized spacial score (nSPS) is 10.4. The lowest BCUT2D eigenvalue weighted by Gasteiger charge is -2.19. The number of hydrogen-bond donors (Lipinski definition) is 2. The Bertz CT molecular complexity index is 534. The lowest BCUT2D eigenvalue weighted by molar-refractivity contribution is 0.0529. The fraction of sp³-hybridized carbons (Fsp3) is 0.438. The van der Waals surface area contributed by atoms with E-state index in [0.717, 1.165) is 16.8 Å². The maximum atomic E-state index is 11.4. The molecule has 1 aromatic carbocycles. The summed E-state index contributed by atoms with van der Waals surface area (Å²) in [6, 6.07) is 5.66. The molecule has 0 atom stereocenters. The number of ether oxygens (including phenoxy) is 1. The van der Waals surface area contributed by atoms with Crippen LogP contribution in [0.4, 0.5) is 10.5 Å². The van der Waals surface area contributed by atoms with Gasteiger partial charge in [-0.05, 0) is 45.4 Å². The molecule has 3 N–H and O–H groups in total. The Morgan fingerprint density at radius 1 is 1.40 bits per heavy atom. The van der Waals surface area contributed by atoms with E-state index in [1.54, 1.807) is 0 Å². The number of nitrogens with two attached hydrogens (primary N) is 1. The molecule has 0 spiro atoms. The maximum Gasteiger partial charge on any atom is 0.407 e. The molecule has 0 fully saturated rings. The van der Waals surface area contributed by atoms with Gasteiger partial charge in [-0.25, -0.2) is 4.79 Å². The molecule has 0 aromatic heterocycles. The average molecular weight is 274 g/mol. The van der Waals surface area contributed by atoms with Crippen molar-refractivity contribution in [1.82, 2.24) is 5.32 Å². The van der Waals surface area contributed by atoms with Gasteiger partial charge in [0.2, 0.25) is 0 Å². The van der Waals surface area contributed by atoms with Gasteiger partial charge in [-0.1, -0.05) is 17.9 Å². The van der Waals surface area contributed by atoms with Gasteiger partial charge in [0.15, 0.2) is 0 Å². The van der Waals surface area contributed by atoms with Gasteiger partial charge in [0.05, 0.1) is 0 Å². The molecule has 1 amide bonds. The number of nitrogen functional groups attached to an aromatic ring is 1. The number of benzene rings is 1. The molecule has 0 saturated heterocycles. The van der Waals surface area contributed by atoms with E-state index in [1.807, 2.05) is 45.9 Å². The van der Waals surface area contributed by atoms with Crippen molar-refractivity contribution in [2.45, 2.75) is 39.7 Å². The van der Waals surface area contributed by atoms with Crippen molar-refractivity contribution < 1.29 is 9.53 Å². The highest BCUT2D eigenvalue weighted by atomic mass is 16.6. The largest absolute Gasteiger partial charge is 0.444 e. The molecule has 1 rings (SSSR count). The van der Waals surface area contributed by atoms with Crippen LogP contribution in [0.1, 0.15) is 38.3 Å². The van der Waals surface area contributed by atoms with Crippen molar-refractivity contribution in [3.63, 3.8) is 0 Å². The Morgan fingerprint density at radius 3 is 2.75 bits per heavy atom. The minimum atomic E-state index is -0.478. The highest BCUT2D eigenvalue weighted by molar-refractivity contribution is 5.67. The van der Waals surface area contributed by atoms with Gasteiger partial charge in [0.1, 0.15) is 5.60 Å². The number of alkyl carbamates (subject to hydrolysis) is 1. The molecule has 4 nitrogen and oxygen atoms in total. The summed E-state index contributed by atoms with van der Waals surface area (Å²) < 4.78 is 5.12. The Labute approximate surface area is 120 Å². The standard InChI is InChI=1S/C16H22N2O2/c1-12-13(9-7-10-14(12)17)8-5-6-11-18-15(19)20-16(2,3)4/h7,9-10H,6,11,17H2,1-4H3,(H,18,19). The summed E-state index contributed by atoms with van der Waals surface area (Å²) in [5.74, 6) is 6.07. The first-order valence-corrected chi connectivity index (χ1v) is 6.60. The Balaban J connectivity index is 2.41. The summed E-state index contributed by atoms with van der Waals surface area (Å²) in [6.45, 7) is 7.89. The molecule has 0 bridgehead atoms. The van der Waals surface area contributed by atoms with Gasteiger partial charge >= 0.3 is 6.09 Å². The lowest BCUT2D eigenvalue weighted by Crippen LogP contribution is -2.32. The van der Waals surface area contributed by atoms with E-state index in [-0.39, 0.29) is 0 Å². The predicted molar refractivity (Wildman–Crippen MR) is 81.3 cm³/mol. The maximum absolute atomic E-state index is 11.4. The fourth-order valence-corrected chi connectivity index (χ4v) is 1.49. The number of carbonyl (C=O) groups excluding carboxylic acids is 1. The number of anilines is 1. The van der Waals surface area contributed by atoms with Crippen LogP contribution in [0.15, 0.2) is 18.2 Å². The smallest absolute Gasteiger partial charge is 0.407 e. The summed E-state index contributed by atoms with van der Waals surface area (Å²) in [6.07, 6.45) is 0.146. The molecule has 0 aliphatic heterocycles. The van der Waals surface area contributed by atoms with Gasteiger partial charge in [-0.15, -0.1) is 0 Å². The van der Waals surface area contributed by atoms with Crippen LogP contribution in [-0.2, 0) is 4.74 Å². The SMILES string of the molecule is Cc1c(N)cccc1C#CCCNC(=O)OC(C)(C)C. The number of rotatable bonds is 2. The Morgan fingerprint density at radius 2 is 2.10 bits per heavy atom. The van der Waals surface area contributed by atoms with Crippen LogP contribution >= 0.6 is 0 Å². The van der Waals surface area contributed by atoms with Crippen molar-refractivity contribution in [1.29, 1.82) is 0 Å². The van der Waals surface area contributed by atoms with E-state index in [1.165, 1.54) is 0 Å². The predicted octanol–water partition coefficient (Wildman–Crippen LogP) is 2.84. The van der Waals surface area contributed by atoms with Crippen LogP contribution < -0.4 is 11.1 Å². The van der Waals surface area contributed by atoms with Crippen LogP contribution in [0.3, 0.4) is 0 Å². The third kappa shape index (κ3) is 5.66. The second kappa shape index (κ2) is 6.85. The number of nitrogens with one attached hydrogen (secondary N) is 1. The molecule has 0 unspecified atom stereocenters. The van der Waals surface area contributed by atoms with E-state index in [4.69, 9.17) is 10.5 Å². The molecule has 108 valence electrons. The first kappa shape index (κ1) is 15.9. The van der Waals surface area contributed by atoms with Crippen molar-refractivity contribution >= 4 is 11.8 Å². The third-order valence-electron chi connectivity index (χ3n) is 2.52. The number of hydrogen-bond acceptors (Lipinski definition) is 3. The van der Waals surface area contributed by atoms with E-state index in [0.29, 0.717) is 13.0 Å². The molecule has 0 radical (unpaired) electrons. The minimum absolute atomic E-state index is 0.417. The Kier molecular flexibility index (Phi) is 5.45. The Hall–Kier alpha value is -2.15. The second-order valence-corrected chi connectivity index (χ2v) is 5.50. The molecular formula is C16H22N2O2. The number of amides is 1. The van der Waals surface area contributed by atoms with Gasteiger partial charge in [0.25, 0.3) is 0 Å². The second-order valence-electron chi connectivity index (χ2n) is 5.50. The van der Waals surface area contributed by atoms with Crippen molar-refractivity contribution in [2.24, 2.45) is 0 Å². The van der Waals surface area contributed by atoms with Crippen LogP contribution in [0.5, 0.6) is 0 Å². The third-order valence-corrected chi connectivity index (χ3v) is 2.52. The highest BCUT2D eigenvalue weighted by Crippen LogP contribution is 2.13. The van der Waals surface area contributed by atoms with Gasteiger partial charge in [-0.2, -0.15) is 0 Å². The molecule has 1 aromatic rings. The minimum Gasteiger partial charge on any atom is -0.444 e. The topological polar surface area (TPSA) is 64.3 Å². The van der Waals surface area contributed by atoms with Crippen LogP contribution in [0.25, 0.3) is 0 Å². The molecule has 0 saturated carbocycles. The summed E-state index contributed by atoms with van der Waals surface area (Å²) in [4.78, 5) is 11.4. The molecule has 0 aliphatic rings. The van der Waals surface area contributed by atoms with Crippen LogP contribution in [0.2, 0.25) is 0 Å². The van der Waals surface area contributed by atoms with E-state index >= 15 is 0 Å². The van der Waals surface area contributed by atoms with Gasteiger partial charge in [0, 0.05) is 24.2 Å². The monoisotopic (exact) mass is 274 g/mol. The number of carbonyl (C=O) groups is 1. The highest BCUT2D eigenvalue weighted by Gasteiger charge is 2.15. The van der Waals surface area contributed by atoms with Crippen molar-refractivity contribution in [2.75, 3.05) is 12.3 Å². The van der Waals surface area contributed by atoms with Crippen molar-refractivity contribution in [3.8, 4) is 11.8 Å². The first-order valence-electron chi connectivity index (χ1n) is 6.60. The van der Waals surface area contributed by atoms with E-state index < -0.39 is 11.7 Å². The lowest BCUT2D eigenvalue weighted by atomic mass is 10.1. The van der Waals surface area contributed by atoms with Crippen LogP contribution in [0, 0.1) is 18.8 Å². The molecule has 0 aliphatic carbocycles. The van der Waals surface area contributed by atoms with Crippen molar-refractivity contribution in [3.05, 3.63) is 29.3 Å². The summed E-state index contributed by atoms with van der Waals surface area (Å²) in [5, 5.41) is 2.66. The molecular weight excluding hydrogens is 252 g/mol. The molecule has 20 heavy (non-hydrogen) atoms. The fourth-order valence-electron chi connectivity index (χ4n) is 1.49. The molecule has 4 heteroatoms. The van der Waals surface area contributed by atoms with Gasteiger partial charge in [-0.3, -0.25) is 0 Å². The van der Waals surface area contributed by atoms with Gasteiger partial charge < -0.3 is 15.8 Å². The van der Waals surface area contributed by atoms with E-state index in [9.17, 15) is 4.79 Å². The summed E-state index contributed by atoms with van der Waals surface area (Å²) >= 11 is 0. The zero-order valence-electron chi connectivity index (χ0n) is 12.5. The van der Waals surface area contributed by atoms with E-state index in [2.05, 4.69) is 17.2 Å². The average Bonchev–Trinajstić information content (AvgIpc) is 2.31. The quantitative estimate of drug-likeness (QED) is 0.495. The van der Waals surface area contributed by atoms with Crippen LogP contribution in [-0.4, -0.2) is 18.2 Å². The summed E-state index contributed by atoms with van der Waals surface area (Å²) in [7, 11) is 0. The molecule has 0 heterocycles. The summed E-state index contributed by atoms with van der Waals surface area (Å²) in [5.41, 5.74) is 7.97. The first-order chi connectivity index (χ1) is 9.29. The zero-order valence-corrected chi connectivity index (χ0v) is 12.5. The zero-order chi connectivity index (χ0) is 15.2.